The van der Waals surface area contributed by atoms with E-state index in [0.717, 1.165) is 55.7 Å². The molecule has 5 nitrogen and oxygen atoms in total. The first kappa shape index (κ1) is 27.7. The lowest BCUT2D eigenvalue weighted by Crippen LogP contribution is -2.47. The molecule has 1 aromatic carbocycles. The van der Waals surface area contributed by atoms with Crippen LogP contribution in [0.25, 0.3) is 0 Å². The largest absolute Gasteiger partial charge is 0.495 e. The standard InChI is InChI=1S/C27H48BNO4Si/c1-21-23(28-32-26(5,6)27(7,8)33-28)13-11-14-24(21)30-20-12-17-29-18-15-22(16-19-29)31-34(9,10)25(2,3)4/h11,13-14,22H,12,15-20H2,1-10H3. The van der Waals surface area contributed by atoms with Gasteiger partial charge in [0.1, 0.15) is 5.75 Å². The smallest absolute Gasteiger partial charge is 0.493 e. The normalized spacial score (nSPS) is 21.8. The van der Waals surface area contributed by atoms with Crippen molar-refractivity contribution in [2.75, 3.05) is 26.2 Å². The van der Waals surface area contributed by atoms with Gasteiger partial charge in [0.15, 0.2) is 8.32 Å². The Morgan fingerprint density at radius 3 is 2.21 bits per heavy atom. The second-order valence-electron chi connectivity index (χ2n) is 12.7. The van der Waals surface area contributed by atoms with Crippen molar-refractivity contribution < 1.29 is 18.5 Å². The van der Waals surface area contributed by atoms with E-state index in [1.54, 1.807) is 0 Å². The maximum Gasteiger partial charge on any atom is 0.495 e. The number of nitrogens with zero attached hydrogens (tertiary/aromatic N) is 1. The molecule has 2 aliphatic heterocycles. The van der Waals surface area contributed by atoms with E-state index in [1.165, 1.54) is 0 Å². The quantitative estimate of drug-likeness (QED) is 0.354. The molecule has 0 bridgehead atoms. The number of benzene rings is 1. The summed E-state index contributed by atoms with van der Waals surface area (Å²) in [6, 6.07) is 6.17. The van der Waals surface area contributed by atoms with E-state index >= 15 is 0 Å². The van der Waals surface area contributed by atoms with Crippen LogP contribution >= 0.6 is 0 Å². The van der Waals surface area contributed by atoms with Gasteiger partial charge < -0.3 is 23.4 Å². The zero-order valence-electron chi connectivity index (χ0n) is 23.4. The highest BCUT2D eigenvalue weighted by Crippen LogP contribution is 2.39. The van der Waals surface area contributed by atoms with Gasteiger partial charge in [-0.15, -0.1) is 0 Å². The lowest BCUT2D eigenvalue weighted by molar-refractivity contribution is 0.00578. The van der Waals surface area contributed by atoms with Crippen molar-refractivity contribution in [3.8, 4) is 5.75 Å². The van der Waals surface area contributed by atoms with Crippen LogP contribution in [0.1, 0.15) is 73.3 Å². The second kappa shape index (κ2) is 10.3. The van der Waals surface area contributed by atoms with Crippen molar-refractivity contribution >= 4 is 20.9 Å². The molecule has 192 valence electrons. The van der Waals surface area contributed by atoms with Crippen LogP contribution in [0.3, 0.4) is 0 Å². The fourth-order valence-electron chi connectivity index (χ4n) is 4.33. The molecule has 2 saturated heterocycles. The summed E-state index contributed by atoms with van der Waals surface area (Å²) in [6.07, 6.45) is 3.73. The fraction of sp³-hybridized carbons (Fsp3) is 0.778. The molecule has 2 fully saturated rings. The zero-order chi connectivity index (χ0) is 25.4. The summed E-state index contributed by atoms with van der Waals surface area (Å²) < 4.78 is 25.3. The molecule has 0 saturated carbocycles. The van der Waals surface area contributed by atoms with Crippen LogP contribution in [-0.2, 0) is 13.7 Å². The number of piperidine rings is 1. The van der Waals surface area contributed by atoms with E-state index < -0.39 is 8.32 Å². The lowest BCUT2D eigenvalue weighted by atomic mass is 9.76. The molecule has 1 aromatic rings. The predicted molar refractivity (Wildman–Crippen MR) is 145 cm³/mol. The van der Waals surface area contributed by atoms with E-state index in [-0.39, 0.29) is 23.4 Å². The Balaban J connectivity index is 1.44. The topological polar surface area (TPSA) is 40.2 Å². The highest BCUT2D eigenvalue weighted by atomic mass is 28.4. The van der Waals surface area contributed by atoms with E-state index in [4.69, 9.17) is 18.5 Å². The van der Waals surface area contributed by atoms with Gasteiger partial charge in [-0.1, -0.05) is 32.9 Å². The van der Waals surface area contributed by atoms with E-state index in [2.05, 4.69) is 79.5 Å². The van der Waals surface area contributed by atoms with Crippen molar-refractivity contribution in [3.63, 3.8) is 0 Å². The number of hydrogen-bond acceptors (Lipinski definition) is 5. The van der Waals surface area contributed by atoms with Gasteiger partial charge in [0, 0.05) is 25.7 Å². The van der Waals surface area contributed by atoms with Gasteiger partial charge in [-0.25, -0.2) is 0 Å². The van der Waals surface area contributed by atoms with Crippen molar-refractivity contribution in [2.45, 2.75) is 110 Å². The molecule has 2 heterocycles. The number of ether oxygens (including phenoxy) is 1. The summed E-state index contributed by atoms with van der Waals surface area (Å²) in [7, 11) is -2.03. The van der Waals surface area contributed by atoms with Crippen LogP contribution in [0.15, 0.2) is 18.2 Å². The summed E-state index contributed by atoms with van der Waals surface area (Å²) in [5.41, 5.74) is 1.47. The van der Waals surface area contributed by atoms with Gasteiger partial charge in [0.25, 0.3) is 0 Å². The zero-order valence-corrected chi connectivity index (χ0v) is 24.4. The van der Waals surface area contributed by atoms with Crippen LogP contribution in [0.5, 0.6) is 5.75 Å². The summed E-state index contributed by atoms with van der Waals surface area (Å²) in [4.78, 5) is 2.56. The van der Waals surface area contributed by atoms with Crippen LogP contribution in [0.4, 0.5) is 0 Å². The molecule has 0 atom stereocenters. The van der Waals surface area contributed by atoms with Gasteiger partial charge in [0.2, 0.25) is 0 Å². The summed E-state index contributed by atoms with van der Waals surface area (Å²) in [5.74, 6) is 0.925. The van der Waals surface area contributed by atoms with Crippen molar-refractivity contribution in [2.24, 2.45) is 0 Å². The highest BCUT2D eigenvalue weighted by Gasteiger charge is 2.52. The van der Waals surface area contributed by atoms with E-state index in [9.17, 15) is 0 Å². The molecule has 0 spiro atoms. The Bertz CT molecular complexity index is 812. The highest BCUT2D eigenvalue weighted by molar-refractivity contribution is 6.74. The Kier molecular flexibility index (Phi) is 8.36. The Morgan fingerprint density at radius 2 is 1.65 bits per heavy atom. The summed E-state index contributed by atoms with van der Waals surface area (Å²) in [5, 5.41) is 0.277. The van der Waals surface area contributed by atoms with Gasteiger partial charge in [0.05, 0.1) is 17.8 Å². The van der Waals surface area contributed by atoms with Crippen LogP contribution in [0, 0.1) is 6.92 Å². The van der Waals surface area contributed by atoms with E-state index in [1.807, 2.05) is 12.1 Å². The molecule has 0 aliphatic carbocycles. The molecule has 0 aromatic heterocycles. The number of hydrogen-bond donors (Lipinski definition) is 0. The molecule has 0 radical (unpaired) electrons. The van der Waals surface area contributed by atoms with Crippen LogP contribution < -0.4 is 10.2 Å². The fourth-order valence-corrected chi connectivity index (χ4v) is 5.75. The minimum Gasteiger partial charge on any atom is -0.493 e. The number of rotatable bonds is 8. The molecule has 3 rings (SSSR count). The molecule has 2 aliphatic rings. The maximum absolute atomic E-state index is 6.63. The van der Waals surface area contributed by atoms with Crippen molar-refractivity contribution in [1.82, 2.24) is 4.90 Å². The Morgan fingerprint density at radius 1 is 1.06 bits per heavy atom. The van der Waals surface area contributed by atoms with Gasteiger partial charge in [-0.3, -0.25) is 0 Å². The average molecular weight is 490 g/mol. The third-order valence-electron chi connectivity index (χ3n) is 8.51. The van der Waals surface area contributed by atoms with Gasteiger partial charge in [-0.05, 0) is 89.1 Å². The number of likely N-dealkylation sites (tertiary alicyclic amines) is 1. The molecule has 0 N–H and O–H groups in total. The Hall–Kier alpha value is -0.858. The van der Waals surface area contributed by atoms with Gasteiger partial charge >= 0.3 is 7.12 Å². The molecule has 34 heavy (non-hydrogen) atoms. The lowest BCUT2D eigenvalue weighted by Gasteiger charge is -2.42. The minimum absolute atomic E-state index is 0.277. The summed E-state index contributed by atoms with van der Waals surface area (Å²) >= 11 is 0. The van der Waals surface area contributed by atoms with Gasteiger partial charge in [-0.2, -0.15) is 0 Å². The first-order valence-corrected chi connectivity index (χ1v) is 16.0. The molecule has 0 unspecified atom stereocenters. The van der Waals surface area contributed by atoms with E-state index in [0.29, 0.717) is 12.7 Å². The third kappa shape index (κ3) is 6.28. The molecule has 0 amide bonds. The SMILES string of the molecule is Cc1c(OCCCN2CCC(O[Si](C)(C)C(C)(C)C)CC2)cccc1B1OC(C)(C)C(C)(C)O1. The molecular weight excluding hydrogens is 441 g/mol. The third-order valence-corrected chi connectivity index (χ3v) is 13.0. The van der Waals surface area contributed by atoms with Crippen molar-refractivity contribution in [1.29, 1.82) is 0 Å². The monoisotopic (exact) mass is 489 g/mol. The molecular formula is C27H48BNO4Si. The Labute approximate surface area is 210 Å². The van der Waals surface area contributed by atoms with Crippen LogP contribution in [0.2, 0.25) is 18.1 Å². The van der Waals surface area contributed by atoms with Crippen molar-refractivity contribution in [3.05, 3.63) is 23.8 Å². The molecule has 7 heteroatoms. The summed E-state index contributed by atoms with van der Waals surface area (Å²) in [6.45, 7) is 26.2. The second-order valence-corrected chi connectivity index (χ2v) is 17.4. The average Bonchev–Trinajstić information content (AvgIpc) is 2.93. The first-order valence-electron chi connectivity index (χ1n) is 13.1. The predicted octanol–water partition coefficient (Wildman–Crippen LogP) is 5.55. The first-order chi connectivity index (χ1) is 15.6. The maximum atomic E-state index is 6.63. The van der Waals surface area contributed by atoms with Crippen LogP contribution in [-0.4, -0.2) is 63.9 Å². The minimum atomic E-state index is -1.68.